The van der Waals surface area contributed by atoms with E-state index in [-0.39, 0.29) is 28.7 Å². The third-order valence-corrected chi connectivity index (χ3v) is 6.47. The lowest BCUT2D eigenvalue weighted by molar-refractivity contribution is -0.132. The molecule has 28 heavy (non-hydrogen) atoms. The Morgan fingerprint density at radius 3 is 2.68 bits per heavy atom. The first-order valence-electron chi connectivity index (χ1n) is 10.5. The van der Waals surface area contributed by atoms with Gasteiger partial charge in [-0.1, -0.05) is 27.7 Å². The van der Waals surface area contributed by atoms with Crippen molar-refractivity contribution in [2.24, 2.45) is 10.8 Å². The molecule has 2 amide bonds. The summed E-state index contributed by atoms with van der Waals surface area (Å²) in [6.45, 7) is 12.3. The monoisotopic (exact) mass is 386 g/mol. The van der Waals surface area contributed by atoms with Crippen LogP contribution < -0.4 is 0 Å². The van der Waals surface area contributed by atoms with Crippen LogP contribution in [-0.4, -0.2) is 56.8 Å². The summed E-state index contributed by atoms with van der Waals surface area (Å²) in [4.78, 5) is 38.0. The molecule has 1 saturated heterocycles. The van der Waals surface area contributed by atoms with Gasteiger partial charge < -0.3 is 9.80 Å². The fourth-order valence-electron chi connectivity index (χ4n) is 5.41. The minimum Gasteiger partial charge on any atom is -0.339 e. The van der Waals surface area contributed by atoms with Crippen LogP contribution in [0.3, 0.4) is 0 Å². The highest BCUT2D eigenvalue weighted by atomic mass is 16.2. The second-order valence-corrected chi connectivity index (χ2v) is 9.83. The van der Waals surface area contributed by atoms with Crippen molar-refractivity contribution in [3.63, 3.8) is 0 Å². The van der Waals surface area contributed by atoms with Gasteiger partial charge in [-0.25, -0.2) is 4.98 Å². The van der Waals surface area contributed by atoms with Gasteiger partial charge in [0.2, 0.25) is 5.91 Å². The fourth-order valence-corrected chi connectivity index (χ4v) is 5.41. The van der Waals surface area contributed by atoms with Gasteiger partial charge in [0.25, 0.3) is 5.91 Å². The van der Waals surface area contributed by atoms with E-state index in [1.807, 2.05) is 6.92 Å². The molecule has 1 aromatic heterocycles. The van der Waals surface area contributed by atoms with Crippen LogP contribution in [0, 0.1) is 10.8 Å². The Morgan fingerprint density at radius 2 is 2.04 bits per heavy atom. The SMILES string of the molecule is CCC(C)N(CCC(=O)N1CC2(C)CC1CC(C)(C)C2)C(=O)c1cnccn1. The predicted octanol–water partition coefficient (Wildman–Crippen LogP) is 3.53. The van der Waals surface area contributed by atoms with Crippen LogP contribution in [0.5, 0.6) is 0 Å². The van der Waals surface area contributed by atoms with E-state index < -0.39 is 0 Å². The summed E-state index contributed by atoms with van der Waals surface area (Å²) in [5.41, 5.74) is 0.854. The van der Waals surface area contributed by atoms with Crippen LogP contribution in [0.4, 0.5) is 0 Å². The summed E-state index contributed by atoms with van der Waals surface area (Å²) in [6.07, 6.45) is 9.12. The maximum absolute atomic E-state index is 13.1. The molecule has 2 heterocycles. The van der Waals surface area contributed by atoms with Gasteiger partial charge in [-0.2, -0.15) is 0 Å². The molecule has 0 spiro atoms. The average molecular weight is 387 g/mol. The number of hydrogen-bond acceptors (Lipinski definition) is 4. The molecule has 3 rings (SSSR count). The molecule has 0 aromatic carbocycles. The van der Waals surface area contributed by atoms with Gasteiger partial charge in [-0.15, -0.1) is 0 Å². The molecule has 1 aliphatic carbocycles. The van der Waals surface area contributed by atoms with Crippen LogP contribution in [-0.2, 0) is 4.79 Å². The zero-order chi connectivity index (χ0) is 20.5. The lowest BCUT2D eigenvalue weighted by atomic mass is 9.65. The first kappa shape index (κ1) is 20.7. The number of fused-ring (bicyclic) bond motifs is 2. The largest absolute Gasteiger partial charge is 0.339 e. The molecule has 2 bridgehead atoms. The van der Waals surface area contributed by atoms with Crippen LogP contribution in [0.1, 0.15) is 77.2 Å². The summed E-state index contributed by atoms with van der Waals surface area (Å²) in [5, 5.41) is 0. The standard InChI is InChI=1S/C22H34N4O2/c1-6-16(2)25(20(28)18-13-23-8-9-24-18)10-7-19(27)26-15-22(5)12-17(26)11-21(3,4)14-22/h8-9,13,16-17H,6-7,10-12,14-15H2,1-5H3. The van der Waals surface area contributed by atoms with E-state index in [4.69, 9.17) is 0 Å². The molecule has 3 atom stereocenters. The van der Waals surface area contributed by atoms with Crippen LogP contribution in [0.2, 0.25) is 0 Å². The summed E-state index contributed by atoms with van der Waals surface area (Å²) >= 11 is 0. The third kappa shape index (κ3) is 4.36. The quantitative estimate of drug-likeness (QED) is 0.750. The summed E-state index contributed by atoms with van der Waals surface area (Å²) in [6, 6.07) is 0.394. The molecule has 2 aliphatic rings. The van der Waals surface area contributed by atoms with Gasteiger partial charge in [0.1, 0.15) is 5.69 Å². The van der Waals surface area contributed by atoms with Gasteiger partial charge in [0.15, 0.2) is 0 Å². The predicted molar refractivity (Wildman–Crippen MR) is 109 cm³/mol. The van der Waals surface area contributed by atoms with E-state index >= 15 is 0 Å². The Morgan fingerprint density at radius 1 is 1.29 bits per heavy atom. The summed E-state index contributed by atoms with van der Waals surface area (Å²) in [7, 11) is 0. The summed E-state index contributed by atoms with van der Waals surface area (Å²) in [5.74, 6) is 0.0233. The molecule has 1 aliphatic heterocycles. The second-order valence-electron chi connectivity index (χ2n) is 9.83. The van der Waals surface area contributed by atoms with Crippen molar-refractivity contribution >= 4 is 11.8 Å². The first-order valence-corrected chi connectivity index (χ1v) is 10.5. The number of hydrogen-bond donors (Lipinski definition) is 0. The van der Waals surface area contributed by atoms with E-state index in [1.54, 1.807) is 11.1 Å². The molecule has 3 unspecified atom stereocenters. The van der Waals surface area contributed by atoms with Crippen molar-refractivity contribution in [1.82, 2.24) is 19.8 Å². The number of aromatic nitrogens is 2. The average Bonchev–Trinajstić information content (AvgIpc) is 2.90. The zero-order valence-corrected chi connectivity index (χ0v) is 17.9. The van der Waals surface area contributed by atoms with Gasteiger partial charge in [0.05, 0.1) is 6.20 Å². The Labute approximate surface area is 168 Å². The van der Waals surface area contributed by atoms with Crippen molar-refractivity contribution in [3.05, 3.63) is 24.3 Å². The second kappa shape index (κ2) is 7.80. The molecule has 6 heteroatoms. The van der Waals surface area contributed by atoms with Gasteiger partial charge in [-0.3, -0.25) is 14.6 Å². The molecule has 1 saturated carbocycles. The third-order valence-electron chi connectivity index (χ3n) is 6.47. The molecular formula is C22H34N4O2. The van der Waals surface area contributed by atoms with E-state index in [1.165, 1.54) is 18.8 Å². The molecule has 154 valence electrons. The first-order chi connectivity index (χ1) is 13.1. The van der Waals surface area contributed by atoms with Crippen LogP contribution >= 0.6 is 0 Å². The highest BCUT2D eigenvalue weighted by Gasteiger charge is 2.50. The molecule has 0 radical (unpaired) electrons. The van der Waals surface area contributed by atoms with Crippen molar-refractivity contribution < 1.29 is 9.59 Å². The normalized spacial score (nSPS) is 26.8. The zero-order valence-electron chi connectivity index (χ0n) is 17.9. The smallest absolute Gasteiger partial charge is 0.274 e. The van der Waals surface area contributed by atoms with Crippen molar-refractivity contribution in [1.29, 1.82) is 0 Å². The van der Waals surface area contributed by atoms with Crippen LogP contribution in [0.15, 0.2) is 18.6 Å². The number of amides is 2. The van der Waals surface area contributed by atoms with E-state index in [9.17, 15) is 9.59 Å². The maximum atomic E-state index is 13.1. The lowest BCUT2D eigenvalue weighted by Crippen LogP contribution is -2.43. The minimum atomic E-state index is -0.150. The van der Waals surface area contributed by atoms with E-state index in [0.717, 1.165) is 25.8 Å². The van der Waals surface area contributed by atoms with Gasteiger partial charge in [0, 0.05) is 44.0 Å². The minimum absolute atomic E-state index is 0.0524. The van der Waals surface area contributed by atoms with Crippen molar-refractivity contribution in [2.75, 3.05) is 13.1 Å². The van der Waals surface area contributed by atoms with Crippen molar-refractivity contribution in [2.45, 2.75) is 78.8 Å². The number of carbonyl (C=O) groups excluding carboxylic acids is 2. The lowest BCUT2D eigenvalue weighted by Gasteiger charge is -2.39. The maximum Gasteiger partial charge on any atom is 0.274 e. The number of rotatable bonds is 6. The molecule has 6 nitrogen and oxygen atoms in total. The van der Waals surface area contributed by atoms with E-state index in [0.29, 0.717) is 24.7 Å². The molecular weight excluding hydrogens is 352 g/mol. The Balaban J connectivity index is 1.67. The Hall–Kier alpha value is -1.98. The van der Waals surface area contributed by atoms with Gasteiger partial charge in [-0.05, 0) is 43.4 Å². The molecule has 1 aromatic rings. The fraction of sp³-hybridized carbons (Fsp3) is 0.727. The molecule has 0 N–H and O–H groups in total. The Kier molecular flexibility index (Phi) is 5.78. The number of likely N-dealkylation sites (tertiary alicyclic amines) is 1. The highest BCUT2D eigenvalue weighted by molar-refractivity contribution is 5.92. The number of carbonyl (C=O) groups is 2. The summed E-state index contributed by atoms with van der Waals surface area (Å²) < 4.78 is 0. The number of nitrogens with zero attached hydrogens (tertiary/aromatic N) is 4. The van der Waals surface area contributed by atoms with Gasteiger partial charge >= 0.3 is 0 Å². The highest BCUT2D eigenvalue weighted by Crippen LogP contribution is 2.52. The molecule has 2 fully saturated rings. The topological polar surface area (TPSA) is 66.4 Å². The van der Waals surface area contributed by atoms with Crippen LogP contribution in [0.25, 0.3) is 0 Å². The van der Waals surface area contributed by atoms with Crippen molar-refractivity contribution in [3.8, 4) is 0 Å². The van der Waals surface area contributed by atoms with E-state index in [2.05, 4.69) is 42.6 Å². The Bertz CT molecular complexity index is 721.